The number of sulfonamides is 1. The Kier molecular flexibility index (Phi) is 5.82. The summed E-state index contributed by atoms with van der Waals surface area (Å²) in [6.07, 6.45) is 0. The lowest BCUT2D eigenvalue weighted by atomic mass is 10.2. The maximum Gasteiger partial charge on any atom is 0.321 e. The van der Waals surface area contributed by atoms with Gasteiger partial charge in [-0.1, -0.05) is 17.7 Å². The summed E-state index contributed by atoms with van der Waals surface area (Å²) >= 11 is 3.05. The van der Waals surface area contributed by atoms with Gasteiger partial charge in [-0.05, 0) is 30.5 Å². The number of benzene rings is 1. The smallest absolute Gasteiger partial charge is 0.321 e. The average molecular weight is 409 g/mol. The molecule has 6 nitrogen and oxygen atoms in total. The van der Waals surface area contributed by atoms with Crippen molar-refractivity contribution in [3.63, 3.8) is 0 Å². The van der Waals surface area contributed by atoms with Crippen LogP contribution < -0.4 is 4.72 Å². The Balaban J connectivity index is 1.51. The van der Waals surface area contributed by atoms with Gasteiger partial charge in [-0.2, -0.15) is 16.1 Å². The van der Waals surface area contributed by atoms with Crippen molar-refractivity contribution in [2.75, 3.05) is 6.54 Å². The van der Waals surface area contributed by atoms with E-state index in [1.165, 1.54) is 23.5 Å². The van der Waals surface area contributed by atoms with Crippen LogP contribution in [0.25, 0.3) is 10.6 Å². The number of hydrogen-bond acceptors (Lipinski definition) is 7. The molecule has 3 aromatic rings. The second kappa shape index (κ2) is 8.09. The number of thiazole rings is 1. The summed E-state index contributed by atoms with van der Waals surface area (Å²) < 4.78 is 31.6. The Bertz CT molecular complexity index is 977. The first kappa shape index (κ1) is 18.7. The highest BCUT2D eigenvalue weighted by molar-refractivity contribution is 7.89. The summed E-state index contributed by atoms with van der Waals surface area (Å²) in [5.41, 5.74) is 2.61. The van der Waals surface area contributed by atoms with Crippen LogP contribution in [0.1, 0.15) is 11.3 Å². The van der Waals surface area contributed by atoms with Crippen molar-refractivity contribution in [3.8, 4) is 10.6 Å². The average Bonchev–Trinajstić information content (AvgIpc) is 3.30. The van der Waals surface area contributed by atoms with E-state index in [9.17, 15) is 13.2 Å². The Hall–Kier alpha value is -2.07. The molecule has 1 N–H and O–H groups in total. The van der Waals surface area contributed by atoms with Crippen molar-refractivity contribution in [2.24, 2.45) is 0 Å². The molecule has 2 heterocycles. The van der Waals surface area contributed by atoms with Crippen LogP contribution in [0.5, 0.6) is 0 Å². The van der Waals surface area contributed by atoms with Crippen LogP contribution in [-0.2, 0) is 26.2 Å². The molecule has 0 aliphatic rings. The summed E-state index contributed by atoms with van der Waals surface area (Å²) in [6, 6.07) is 8.34. The Morgan fingerprint density at radius 3 is 2.65 bits per heavy atom. The number of carbonyl (C=O) groups is 1. The van der Waals surface area contributed by atoms with Gasteiger partial charge in [-0.25, -0.2) is 13.4 Å². The maximum atomic E-state index is 12.1. The van der Waals surface area contributed by atoms with Crippen LogP contribution in [0.2, 0.25) is 0 Å². The number of nitrogens with one attached hydrogen (secondary N) is 1. The second-order valence-corrected chi connectivity index (χ2v) is 8.86. The zero-order valence-electron chi connectivity index (χ0n) is 13.8. The van der Waals surface area contributed by atoms with Crippen LogP contribution in [0, 0.1) is 6.92 Å². The first-order chi connectivity index (χ1) is 12.4. The number of nitrogens with zero attached hydrogens (tertiary/aromatic N) is 1. The third-order valence-electron chi connectivity index (χ3n) is 3.44. The summed E-state index contributed by atoms with van der Waals surface area (Å²) in [6.45, 7) is 1.44. The highest BCUT2D eigenvalue weighted by atomic mass is 32.2. The Morgan fingerprint density at radius 1 is 1.19 bits per heavy atom. The lowest BCUT2D eigenvalue weighted by Crippen LogP contribution is -2.30. The SMILES string of the molecule is Cc1ccc(S(=O)(=O)NCC(=O)OCc2csc(-c3ccsc3)n2)cc1. The van der Waals surface area contributed by atoms with Crippen molar-refractivity contribution >= 4 is 38.7 Å². The Labute approximate surface area is 159 Å². The standard InChI is InChI=1S/C17H16N2O4S3/c1-12-2-4-15(5-3-12)26(21,22)18-8-16(20)23-9-14-11-25-17(19-14)13-6-7-24-10-13/h2-7,10-11,18H,8-9H2,1H3. The number of hydrogen-bond donors (Lipinski definition) is 1. The van der Waals surface area contributed by atoms with E-state index in [0.717, 1.165) is 16.1 Å². The third kappa shape index (κ3) is 4.76. The molecule has 0 saturated carbocycles. The monoisotopic (exact) mass is 408 g/mol. The molecule has 0 radical (unpaired) electrons. The van der Waals surface area contributed by atoms with Gasteiger partial charge in [0.1, 0.15) is 18.2 Å². The van der Waals surface area contributed by atoms with Gasteiger partial charge < -0.3 is 4.74 Å². The van der Waals surface area contributed by atoms with Crippen molar-refractivity contribution in [3.05, 3.63) is 57.7 Å². The van der Waals surface area contributed by atoms with Gasteiger partial charge in [-0.15, -0.1) is 11.3 Å². The number of esters is 1. The van der Waals surface area contributed by atoms with Crippen molar-refractivity contribution < 1.29 is 17.9 Å². The van der Waals surface area contributed by atoms with Crippen LogP contribution in [-0.4, -0.2) is 25.9 Å². The van der Waals surface area contributed by atoms with Crippen LogP contribution in [0.4, 0.5) is 0 Å². The molecule has 136 valence electrons. The fourth-order valence-electron chi connectivity index (χ4n) is 2.05. The fourth-order valence-corrected chi connectivity index (χ4v) is 4.54. The summed E-state index contributed by atoms with van der Waals surface area (Å²) in [7, 11) is -3.74. The molecule has 0 spiro atoms. The van der Waals surface area contributed by atoms with Crippen LogP contribution in [0.15, 0.2) is 51.4 Å². The molecule has 1 aromatic carbocycles. The highest BCUT2D eigenvalue weighted by Crippen LogP contribution is 2.25. The molecule has 0 unspecified atom stereocenters. The number of rotatable bonds is 7. The molecule has 0 saturated heterocycles. The predicted molar refractivity (Wildman–Crippen MR) is 102 cm³/mol. The molecule has 0 fully saturated rings. The van der Waals surface area contributed by atoms with E-state index in [2.05, 4.69) is 9.71 Å². The maximum absolute atomic E-state index is 12.1. The molecule has 0 atom stereocenters. The fraction of sp³-hybridized carbons (Fsp3) is 0.176. The van der Waals surface area contributed by atoms with Crippen LogP contribution >= 0.6 is 22.7 Å². The topological polar surface area (TPSA) is 85.4 Å². The van der Waals surface area contributed by atoms with E-state index in [0.29, 0.717) is 5.69 Å². The van der Waals surface area contributed by atoms with Gasteiger partial charge in [0.25, 0.3) is 0 Å². The molecule has 9 heteroatoms. The molecule has 3 rings (SSSR count). The van der Waals surface area contributed by atoms with Crippen molar-refractivity contribution in [2.45, 2.75) is 18.4 Å². The van der Waals surface area contributed by atoms with Gasteiger partial charge in [0.15, 0.2) is 0 Å². The number of ether oxygens (including phenoxy) is 1. The van der Waals surface area contributed by atoms with E-state index < -0.39 is 22.5 Å². The summed E-state index contributed by atoms with van der Waals surface area (Å²) in [5.74, 6) is -0.661. The van der Waals surface area contributed by atoms with Crippen LogP contribution in [0.3, 0.4) is 0 Å². The van der Waals surface area contributed by atoms with Crippen molar-refractivity contribution in [1.29, 1.82) is 0 Å². The molecular weight excluding hydrogens is 392 g/mol. The normalized spacial score (nSPS) is 11.4. The zero-order valence-corrected chi connectivity index (χ0v) is 16.3. The molecule has 0 aliphatic carbocycles. The predicted octanol–water partition coefficient (Wildman–Crippen LogP) is 3.20. The number of aryl methyl sites for hydroxylation is 1. The quantitative estimate of drug-likeness (QED) is 0.607. The molecule has 0 aliphatic heterocycles. The number of carbonyl (C=O) groups excluding carboxylic acids is 1. The molecular formula is C17H16N2O4S3. The largest absolute Gasteiger partial charge is 0.458 e. The van der Waals surface area contributed by atoms with E-state index in [-0.39, 0.29) is 11.5 Å². The third-order valence-corrected chi connectivity index (χ3v) is 6.48. The molecule has 0 bridgehead atoms. The molecule has 2 aromatic heterocycles. The first-order valence-corrected chi connectivity index (χ1v) is 10.9. The van der Waals surface area contributed by atoms with E-state index >= 15 is 0 Å². The van der Waals surface area contributed by atoms with E-state index in [4.69, 9.17) is 4.74 Å². The van der Waals surface area contributed by atoms with E-state index in [1.54, 1.807) is 23.5 Å². The second-order valence-electron chi connectivity index (χ2n) is 5.45. The van der Waals surface area contributed by atoms with Gasteiger partial charge >= 0.3 is 5.97 Å². The highest BCUT2D eigenvalue weighted by Gasteiger charge is 2.16. The lowest BCUT2D eigenvalue weighted by Gasteiger charge is -2.07. The summed E-state index contributed by atoms with van der Waals surface area (Å²) in [5, 5.41) is 6.64. The summed E-state index contributed by atoms with van der Waals surface area (Å²) in [4.78, 5) is 16.3. The van der Waals surface area contributed by atoms with Gasteiger partial charge in [-0.3, -0.25) is 4.79 Å². The number of thiophene rings is 1. The minimum Gasteiger partial charge on any atom is -0.458 e. The number of aromatic nitrogens is 1. The first-order valence-electron chi connectivity index (χ1n) is 7.63. The van der Waals surface area contributed by atoms with Gasteiger partial charge in [0.2, 0.25) is 10.0 Å². The lowest BCUT2D eigenvalue weighted by molar-refractivity contribution is -0.143. The zero-order chi connectivity index (χ0) is 18.6. The minimum atomic E-state index is -3.74. The van der Waals surface area contributed by atoms with Crippen molar-refractivity contribution in [1.82, 2.24) is 9.71 Å². The molecule has 0 amide bonds. The molecule has 26 heavy (non-hydrogen) atoms. The minimum absolute atomic E-state index is 0.00568. The van der Waals surface area contributed by atoms with E-state index in [1.807, 2.05) is 29.1 Å². The van der Waals surface area contributed by atoms with Gasteiger partial charge in [0.05, 0.1) is 10.6 Å². The van der Waals surface area contributed by atoms with Gasteiger partial charge in [0, 0.05) is 16.3 Å². The Morgan fingerprint density at radius 2 is 1.96 bits per heavy atom.